The zero-order chi connectivity index (χ0) is 19.0. The number of hydrogen-bond donors (Lipinski definition) is 3. The van der Waals surface area contributed by atoms with Crippen molar-refractivity contribution in [3.05, 3.63) is 23.8 Å². The van der Waals surface area contributed by atoms with E-state index in [-0.39, 0.29) is 17.7 Å². The molecular weight excluding hydrogens is 348 g/mol. The van der Waals surface area contributed by atoms with Crippen molar-refractivity contribution < 1.29 is 14.4 Å². The van der Waals surface area contributed by atoms with Crippen molar-refractivity contribution in [1.29, 1.82) is 0 Å². The molecule has 27 heavy (non-hydrogen) atoms. The summed E-state index contributed by atoms with van der Waals surface area (Å²) >= 11 is 0. The molecule has 1 aromatic heterocycles. The average molecular weight is 370 g/mol. The Morgan fingerprint density at radius 1 is 1.22 bits per heavy atom. The van der Waals surface area contributed by atoms with E-state index in [1.165, 1.54) is 0 Å². The molecule has 2 fully saturated rings. The number of hydrogen-bond acceptors (Lipinski definition) is 5. The van der Waals surface area contributed by atoms with Crippen LogP contribution < -0.4 is 10.6 Å². The van der Waals surface area contributed by atoms with E-state index in [2.05, 4.69) is 26.0 Å². The van der Waals surface area contributed by atoms with Crippen LogP contribution in [0.25, 0.3) is 11.0 Å². The molecule has 0 radical (unpaired) electrons. The Balaban J connectivity index is 1.47. The summed E-state index contributed by atoms with van der Waals surface area (Å²) in [5.41, 5.74) is 1.10. The second kappa shape index (κ2) is 6.64. The summed E-state index contributed by atoms with van der Waals surface area (Å²) in [5.74, 6) is -0.274. The van der Waals surface area contributed by atoms with Crippen LogP contribution in [0.1, 0.15) is 43.0 Å². The first-order chi connectivity index (χ1) is 13.0. The van der Waals surface area contributed by atoms with Gasteiger partial charge in [0.25, 0.3) is 11.8 Å². The summed E-state index contributed by atoms with van der Waals surface area (Å²) in [6.07, 6.45) is 2.74. The van der Waals surface area contributed by atoms with Crippen molar-refractivity contribution in [2.75, 3.05) is 13.1 Å². The molecule has 0 unspecified atom stereocenters. The van der Waals surface area contributed by atoms with Gasteiger partial charge in [0.1, 0.15) is 16.6 Å². The minimum Gasteiger partial charge on any atom is -0.339 e. The second-order valence-electron chi connectivity index (χ2n) is 7.22. The lowest BCUT2D eigenvalue weighted by atomic mass is 9.75. The molecule has 4 amide bonds. The first-order valence-corrected chi connectivity index (χ1v) is 9.27. The van der Waals surface area contributed by atoms with E-state index in [4.69, 9.17) is 0 Å². The van der Waals surface area contributed by atoms with Gasteiger partial charge in [-0.05, 0) is 43.4 Å². The van der Waals surface area contributed by atoms with Gasteiger partial charge in [-0.2, -0.15) is 15.4 Å². The molecule has 0 aliphatic carbocycles. The fourth-order valence-corrected chi connectivity index (χ4v) is 4.30. The van der Waals surface area contributed by atoms with E-state index in [1.807, 2.05) is 6.92 Å². The SMILES string of the molecule is CCC[C@@]1(C2CCN(C(=O)c3ccc4n[nH]nc4c3)CC2)NC(=O)NC1=O. The van der Waals surface area contributed by atoms with Gasteiger partial charge in [-0.3, -0.25) is 14.9 Å². The van der Waals surface area contributed by atoms with Crippen LogP contribution >= 0.6 is 0 Å². The summed E-state index contributed by atoms with van der Waals surface area (Å²) in [6.45, 7) is 3.10. The zero-order valence-electron chi connectivity index (χ0n) is 15.1. The summed E-state index contributed by atoms with van der Waals surface area (Å²) in [5, 5.41) is 15.8. The van der Waals surface area contributed by atoms with E-state index in [1.54, 1.807) is 23.1 Å². The molecule has 142 valence electrons. The fraction of sp³-hybridized carbons (Fsp3) is 0.500. The van der Waals surface area contributed by atoms with Crippen LogP contribution in [0.4, 0.5) is 4.79 Å². The monoisotopic (exact) mass is 370 g/mol. The number of nitrogens with zero attached hydrogens (tertiary/aromatic N) is 3. The number of carbonyl (C=O) groups is 3. The molecule has 2 saturated heterocycles. The Morgan fingerprint density at radius 2 is 1.96 bits per heavy atom. The number of H-pyrrole nitrogens is 1. The lowest BCUT2D eigenvalue weighted by Crippen LogP contribution is -2.56. The van der Waals surface area contributed by atoms with Crippen molar-refractivity contribution in [2.24, 2.45) is 5.92 Å². The van der Waals surface area contributed by atoms with Crippen LogP contribution in [0.2, 0.25) is 0 Å². The minimum atomic E-state index is -0.847. The first-order valence-electron chi connectivity index (χ1n) is 9.27. The first kappa shape index (κ1) is 17.4. The van der Waals surface area contributed by atoms with Crippen LogP contribution in [0.5, 0.6) is 0 Å². The normalized spacial score (nSPS) is 23.5. The van der Waals surface area contributed by atoms with Crippen molar-refractivity contribution in [3.8, 4) is 0 Å². The number of amides is 4. The minimum absolute atomic E-state index is 0.0194. The standard InChI is InChI=1S/C18H22N6O3/c1-2-7-18(16(26)19-17(27)20-18)12-5-8-24(9-6-12)15(25)11-3-4-13-14(10-11)22-23-21-13/h3-4,10,12H,2,5-9H2,1H3,(H,21,22,23)(H2,19,20,26,27)/t18-/m0/s1. The summed E-state index contributed by atoms with van der Waals surface area (Å²) in [6, 6.07) is 4.83. The molecule has 0 spiro atoms. The number of aromatic amines is 1. The average Bonchev–Trinajstić information content (AvgIpc) is 3.25. The molecule has 0 saturated carbocycles. The lowest BCUT2D eigenvalue weighted by Gasteiger charge is -2.40. The van der Waals surface area contributed by atoms with Crippen LogP contribution in [0, 0.1) is 5.92 Å². The number of imide groups is 1. The molecule has 1 aromatic carbocycles. The fourth-order valence-electron chi connectivity index (χ4n) is 4.30. The predicted molar refractivity (Wildman–Crippen MR) is 96.8 cm³/mol. The van der Waals surface area contributed by atoms with Crippen LogP contribution in [-0.4, -0.2) is 56.8 Å². The molecule has 9 nitrogen and oxygen atoms in total. The Hall–Kier alpha value is -2.97. The molecule has 0 bridgehead atoms. The van der Waals surface area contributed by atoms with E-state index in [0.717, 1.165) is 11.9 Å². The van der Waals surface area contributed by atoms with Gasteiger partial charge in [0.2, 0.25) is 0 Å². The van der Waals surface area contributed by atoms with Crippen LogP contribution in [0.15, 0.2) is 18.2 Å². The van der Waals surface area contributed by atoms with Gasteiger partial charge in [0.05, 0.1) is 0 Å². The number of urea groups is 1. The molecule has 4 rings (SSSR count). The molecule has 2 aliphatic rings. The number of carbonyl (C=O) groups excluding carboxylic acids is 3. The van der Waals surface area contributed by atoms with Crippen LogP contribution in [-0.2, 0) is 4.79 Å². The Labute approximate surface area is 155 Å². The van der Waals surface area contributed by atoms with Gasteiger partial charge in [0.15, 0.2) is 0 Å². The second-order valence-corrected chi connectivity index (χ2v) is 7.22. The van der Waals surface area contributed by atoms with E-state index in [0.29, 0.717) is 43.4 Å². The highest BCUT2D eigenvalue weighted by molar-refractivity contribution is 6.07. The lowest BCUT2D eigenvalue weighted by molar-refractivity contribution is -0.127. The predicted octanol–water partition coefficient (Wildman–Crippen LogP) is 1.19. The van der Waals surface area contributed by atoms with Gasteiger partial charge in [0, 0.05) is 18.7 Å². The van der Waals surface area contributed by atoms with Crippen molar-refractivity contribution in [2.45, 2.75) is 38.1 Å². The number of likely N-dealkylation sites (tertiary alicyclic amines) is 1. The number of piperidine rings is 1. The number of nitrogens with one attached hydrogen (secondary N) is 3. The Morgan fingerprint density at radius 3 is 2.63 bits per heavy atom. The Bertz CT molecular complexity index is 901. The Kier molecular flexibility index (Phi) is 4.29. The van der Waals surface area contributed by atoms with E-state index >= 15 is 0 Å². The topological polar surface area (TPSA) is 120 Å². The zero-order valence-corrected chi connectivity index (χ0v) is 15.1. The summed E-state index contributed by atoms with van der Waals surface area (Å²) in [7, 11) is 0. The summed E-state index contributed by atoms with van der Waals surface area (Å²) < 4.78 is 0. The van der Waals surface area contributed by atoms with E-state index < -0.39 is 11.6 Å². The number of fused-ring (bicyclic) bond motifs is 1. The number of rotatable bonds is 4. The van der Waals surface area contributed by atoms with Gasteiger partial charge in [-0.25, -0.2) is 4.79 Å². The molecule has 3 N–H and O–H groups in total. The van der Waals surface area contributed by atoms with Gasteiger partial charge in [-0.15, -0.1) is 0 Å². The number of aromatic nitrogens is 3. The highest BCUT2D eigenvalue weighted by Crippen LogP contribution is 2.34. The maximum atomic E-state index is 12.8. The van der Waals surface area contributed by atoms with E-state index in [9.17, 15) is 14.4 Å². The molecule has 1 atom stereocenters. The molecule has 2 aliphatic heterocycles. The smallest absolute Gasteiger partial charge is 0.322 e. The third-order valence-corrected chi connectivity index (χ3v) is 5.66. The summed E-state index contributed by atoms with van der Waals surface area (Å²) in [4.78, 5) is 38.8. The largest absolute Gasteiger partial charge is 0.339 e. The van der Waals surface area contributed by atoms with Gasteiger partial charge >= 0.3 is 6.03 Å². The quantitative estimate of drug-likeness (QED) is 0.698. The molecule has 9 heteroatoms. The molecular formula is C18H22N6O3. The van der Waals surface area contributed by atoms with Gasteiger partial charge < -0.3 is 10.2 Å². The van der Waals surface area contributed by atoms with Crippen molar-refractivity contribution in [1.82, 2.24) is 30.9 Å². The van der Waals surface area contributed by atoms with Gasteiger partial charge in [-0.1, -0.05) is 13.3 Å². The number of benzene rings is 1. The van der Waals surface area contributed by atoms with Crippen molar-refractivity contribution in [3.63, 3.8) is 0 Å². The highest BCUT2D eigenvalue weighted by atomic mass is 16.2. The highest BCUT2D eigenvalue weighted by Gasteiger charge is 2.51. The third kappa shape index (κ3) is 2.92. The van der Waals surface area contributed by atoms with Crippen molar-refractivity contribution >= 4 is 28.9 Å². The maximum Gasteiger partial charge on any atom is 0.322 e. The maximum absolute atomic E-state index is 12.8. The third-order valence-electron chi connectivity index (χ3n) is 5.66. The van der Waals surface area contributed by atoms with Crippen LogP contribution in [0.3, 0.4) is 0 Å². The molecule has 3 heterocycles. The molecule has 2 aromatic rings.